The Morgan fingerprint density at radius 3 is 2.43 bits per heavy atom. The van der Waals surface area contributed by atoms with E-state index < -0.39 is 0 Å². The number of halogens is 2. The van der Waals surface area contributed by atoms with Crippen LogP contribution in [-0.4, -0.2) is 24.0 Å². The molecular weight excluding hydrogens is 401 g/mol. The summed E-state index contributed by atoms with van der Waals surface area (Å²) in [5, 5.41) is 1.08. The summed E-state index contributed by atoms with van der Waals surface area (Å²) < 4.78 is 6.91. The summed E-state index contributed by atoms with van der Waals surface area (Å²) in [6.45, 7) is 0.904. The lowest BCUT2D eigenvalue weighted by atomic mass is 10.0. The molecule has 0 saturated carbocycles. The van der Waals surface area contributed by atoms with E-state index in [1.165, 1.54) is 0 Å². The number of aromatic nitrogens is 1. The van der Waals surface area contributed by atoms with Gasteiger partial charge in [0, 0.05) is 34.1 Å². The first-order valence-electron chi connectivity index (χ1n) is 8.46. The Hall–Kier alpha value is -2.54. The number of nitrogens with two attached hydrogens (primary N) is 2. The number of benzene rings is 2. The number of nitrogens with zero attached hydrogens (tertiary/aromatic N) is 1. The first-order chi connectivity index (χ1) is 12.6. The lowest BCUT2D eigenvalue weighted by Crippen LogP contribution is -2.24. The van der Waals surface area contributed by atoms with Gasteiger partial charge in [-0.3, -0.25) is 9.59 Å². The third-order valence-electron chi connectivity index (χ3n) is 4.83. The maximum Gasteiger partial charge on any atom is 0.259 e. The normalized spacial score (nSPS) is 11.4. The van der Waals surface area contributed by atoms with Gasteiger partial charge in [0.15, 0.2) is 5.78 Å². The molecular formula is C20H21Cl2N3O3. The summed E-state index contributed by atoms with van der Waals surface area (Å²) in [7, 11) is 1.56. The van der Waals surface area contributed by atoms with Gasteiger partial charge >= 0.3 is 0 Å². The Labute approximate surface area is 174 Å². The minimum Gasteiger partial charge on any atom is -0.497 e. The van der Waals surface area contributed by atoms with Gasteiger partial charge in [0.25, 0.3) is 5.56 Å². The molecule has 148 valence electrons. The van der Waals surface area contributed by atoms with Crippen molar-refractivity contribution in [3.05, 3.63) is 57.9 Å². The third kappa shape index (κ3) is 3.13. The number of ketones is 1. The zero-order valence-electron chi connectivity index (χ0n) is 15.2. The van der Waals surface area contributed by atoms with Gasteiger partial charge in [-0.15, -0.1) is 24.8 Å². The van der Waals surface area contributed by atoms with Gasteiger partial charge in [0.05, 0.1) is 18.4 Å². The Kier molecular flexibility index (Phi) is 6.39. The van der Waals surface area contributed by atoms with Crippen molar-refractivity contribution in [2.45, 2.75) is 13.0 Å². The van der Waals surface area contributed by atoms with Crippen molar-refractivity contribution in [1.29, 1.82) is 0 Å². The number of hydrogen-bond acceptors (Lipinski definition) is 5. The van der Waals surface area contributed by atoms with Crippen LogP contribution in [0.2, 0.25) is 0 Å². The minimum atomic E-state index is -0.157. The molecule has 0 aliphatic heterocycles. The molecule has 0 saturated heterocycles. The molecule has 1 aliphatic rings. The highest BCUT2D eigenvalue weighted by Crippen LogP contribution is 2.41. The van der Waals surface area contributed by atoms with Crippen LogP contribution in [0, 0.1) is 0 Å². The number of carbonyl (C=O) groups is 1. The predicted octanol–water partition coefficient (Wildman–Crippen LogP) is 3.00. The van der Waals surface area contributed by atoms with Crippen LogP contribution in [-0.2, 0) is 6.54 Å². The lowest BCUT2D eigenvalue weighted by Gasteiger charge is -2.15. The van der Waals surface area contributed by atoms with Crippen LogP contribution < -0.4 is 21.8 Å². The molecule has 0 fully saturated rings. The van der Waals surface area contributed by atoms with E-state index in [1.54, 1.807) is 42.0 Å². The zero-order chi connectivity index (χ0) is 18.4. The summed E-state index contributed by atoms with van der Waals surface area (Å²) in [5.41, 5.74) is 14.4. The summed E-state index contributed by atoms with van der Waals surface area (Å²) in [4.78, 5) is 26.3. The molecule has 8 heteroatoms. The van der Waals surface area contributed by atoms with Crippen LogP contribution in [0.1, 0.15) is 22.3 Å². The van der Waals surface area contributed by atoms with Gasteiger partial charge in [-0.2, -0.15) is 0 Å². The summed E-state index contributed by atoms with van der Waals surface area (Å²) in [6.07, 6.45) is 0.639. The fraction of sp³-hybridized carbons (Fsp3) is 0.200. The molecule has 0 unspecified atom stereocenters. The van der Waals surface area contributed by atoms with Crippen molar-refractivity contribution < 1.29 is 9.53 Å². The molecule has 4 rings (SSSR count). The Bertz CT molecular complexity index is 1130. The number of anilines is 1. The van der Waals surface area contributed by atoms with Gasteiger partial charge in [0.1, 0.15) is 5.75 Å². The molecule has 1 heterocycles. The highest BCUT2D eigenvalue weighted by Gasteiger charge is 2.32. The highest BCUT2D eigenvalue weighted by atomic mass is 35.5. The molecule has 0 amide bonds. The quantitative estimate of drug-likeness (QED) is 0.493. The molecule has 2 aromatic carbocycles. The minimum absolute atomic E-state index is 0. The smallest absolute Gasteiger partial charge is 0.259 e. The number of fused-ring (bicyclic) bond motifs is 5. The molecule has 0 spiro atoms. The standard InChI is InChI=1S/C20H19N3O3.2ClH/c1-26-12-4-6-14-15(10-12)19(24)17-13-5-3-11(22)9-16(13)20(25)23(18(14)17)8-2-7-21;;/h3-6,9-10H,2,7-8,21-22H2,1H3;2*1H. The molecule has 4 N–H and O–H groups in total. The second kappa shape index (κ2) is 8.22. The van der Waals surface area contributed by atoms with E-state index in [9.17, 15) is 9.59 Å². The van der Waals surface area contributed by atoms with Crippen LogP contribution in [0.25, 0.3) is 22.0 Å². The van der Waals surface area contributed by atoms with Crippen molar-refractivity contribution in [2.75, 3.05) is 19.4 Å². The van der Waals surface area contributed by atoms with Gasteiger partial charge in [0.2, 0.25) is 0 Å². The molecule has 0 bridgehead atoms. The molecule has 28 heavy (non-hydrogen) atoms. The Morgan fingerprint density at radius 2 is 1.75 bits per heavy atom. The number of nitrogen functional groups attached to an aromatic ring is 1. The first kappa shape index (κ1) is 21.8. The Morgan fingerprint density at radius 1 is 1.00 bits per heavy atom. The number of carbonyl (C=O) groups excluding carboxylic acids is 1. The van der Waals surface area contributed by atoms with Crippen LogP contribution >= 0.6 is 24.8 Å². The van der Waals surface area contributed by atoms with E-state index in [0.717, 1.165) is 5.56 Å². The summed E-state index contributed by atoms with van der Waals surface area (Å²) in [5.74, 6) is 0.500. The van der Waals surface area contributed by atoms with Crippen molar-refractivity contribution in [3.8, 4) is 17.0 Å². The van der Waals surface area contributed by atoms with E-state index in [4.69, 9.17) is 16.2 Å². The maximum atomic E-state index is 13.2. The van der Waals surface area contributed by atoms with Crippen LogP contribution in [0.3, 0.4) is 0 Å². The van der Waals surface area contributed by atoms with E-state index in [-0.39, 0.29) is 36.2 Å². The number of methoxy groups -OCH3 is 1. The van der Waals surface area contributed by atoms with E-state index in [0.29, 0.717) is 58.5 Å². The van der Waals surface area contributed by atoms with Gasteiger partial charge < -0.3 is 20.8 Å². The predicted molar refractivity (Wildman–Crippen MR) is 116 cm³/mol. The highest BCUT2D eigenvalue weighted by molar-refractivity contribution is 6.27. The fourth-order valence-corrected chi connectivity index (χ4v) is 3.62. The number of hydrogen-bond donors (Lipinski definition) is 2. The van der Waals surface area contributed by atoms with Gasteiger partial charge in [-0.1, -0.05) is 6.07 Å². The number of ether oxygens (including phenoxy) is 1. The maximum absolute atomic E-state index is 13.2. The van der Waals surface area contributed by atoms with Crippen LogP contribution in [0.4, 0.5) is 5.69 Å². The molecule has 0 radical (unpaired) electrons. The third-order valence-corrected chi connectivity index (χ3v) is 4.83. The zero-order valence-corrected chi connectivity index (χ0v) is 16.9. The monoisotopic (exact) mass is 421 g/mol. The van der Waals surface area contributed by atoms with E-state index in [1.807, 2.05) is 6.07 Å². The van der Waals surface area contributed by atoms with Crippen molar-refractivity contribution in [3.63, 3.8) is 0 Å². The van der Waals surface area contributed by atoms with Crippen molar-refractivity contribution in [1.82, 2.24) is 4.57 Å². The average molecular weight is 422 g/mol. The first-order valence-corrected chi connectivity index (χ1v) is 8.46. The van der Waals surface area contributed by atoms with E-state index >= 15 is 0 Å². The van der Waals surface area contributed by atoms with Gasteiger partial charge in [-0.05, 0) is 43.3 Å². The number of rotatable bonds is 4. The van der Waals surface area contributed by atoms with Crippen LogP contribution in [0.15, 0.2) is 41.2 Å². The molecule has 1 aliphatic carbocycles. The Balaban J connectivity index is 0.00000140. The molecule has 6 nitrogen and oxygen atoms in total. The molecule has 1 aromatic heterocycles. The summed E-state index contributed by atoms with van der Waals surface area (Å²) >= 11 is 0. The average Bonchev–Trinajstić information content (AvgIpc) is 2.94. The van der Waals surface area contributed by atoms with Crippen molar-refractivity contribution in [2.24, 2.45) is 5.73 Å². The lowest BCUT2D eigenvalue weighted by molar-refractivity contribution is 0.104. The molecule has 0 atom stereocenters. The largest absolute Gasteiger partial charge is 0.497 e. The second-order valence-corrected chi connectivity index (χ2v) is 6.37. The SMILES string of the molecule is COc1ccc2c(c1)C(=O)c1c-2n(CCCN)c(=O)c2cc(N)ccc12.Cl.Cl. The fourth-order valence-electron chi connectivity index (χ4n) is 3.62. The summed E-state index contributed by atoms with van der Waals surface area (Å²) in [6, 6.07) is 10.4. The van der Waals surface area contributed by atoms with E-state index in [2.05, 4.69) is 0 Å². The van der Waals surface area contributed by atoms with Crippen LogP contribution in [0.5, 0.6) is 5.75 Å². The van der Waals surface area contributed by atoms with Gasteiger partial charge in [-0.25, -0.2) is 0 Å². The van der Waals surface area contributed by atoms with Crippen molar-refractivity contribution >= 4 is 47.1 Å². The number of pyridine rings is 1. The molecule has 3 aromatic rings. The topological polar surface area (TPSA) is 100 Å². The second-order valence-electron chi connectivity index (χ2n) is 6.37.